The topological polar surface area (TPSA) is 59.0 Å². The van der Waals surface area contributed by atoms with E-state index in [1.807, 2.05) is 12.1 Å². The summed E-state index contributed by atoms with van der Waals surface area (Å²) < 4.78 is 26.2. The second-order valence-corrected chi connectivity index (χ2v) is 11.5. The number of hydrogen-bond donors (Lipinski definition) is 1. The van der Waals surface area contributed by atoms with Crippen molar-refractivity contribution in [3.63, 3.8) is 0 Å². The summed E-state index contributed by atoms with van der Waals surface area (Å²) in [7, 11) is 1.26. The molecule has 5 rings (SSSR count). The quantitative estimate of drug-likeness (QED) is 0.321. The number of anilines is 1. The van der Waals surface area contributed by atoms with Crippen molar-refractivity contribution in [3.05, 3.63) is 70.0 Å². The second kappa shape index (κ2) is 11.3. The van der Waals surface area contributed by atoms with Gasteiger partial charge < -0.3 is 19.5 Å². The van der Waals surface area contributed by atoms with Gasteiger partial charge in [-0.3, -0.25) is 0 Å². The summed E-state index contributed by atoms with van der Waals surface area (Å²) in [4.78, 5) is 14.6. The summed E-state index contributed by atoms with van der Waals surface area (Å²) in [6.07, 6.45) is 10.4. The van der Waals surface area contributed by atoms with E-state index in [-0.39, 0.29) is 22.8 Å². The first-order valence-electron chi connectivity index (χ1n) is 13.8. The number of esters is 1. The molecule has 1 saturated carbocycles. The third kappa shape index (κ3) is 5.17. The van der Waals surface area contributed by atoms with Crippen molar-refractivity contribution in [2.24, 2.45) is 11.8 Å². The van der Waals surface area contributed by atoms with Crippen molar-refractivity contribution in [1.29, 1.82) is 0 Å². The molecule has 2 aromatic carbocycles. The molecule has 38 heavy (non-hydrogen) atoms. The highest BCUT2D eigenvalue weighted by Gasteiger charge is 2.44. The molecule has 0 radical (unpaired) electrons. The van der Waals surface area contributed by atoms with Gasteiger partial charge in [0.1, 0.15) is 11.6 Å². The number of aryl methyl sites for hydroxylation is 1. The highest BCUT2D eigenvalue weighted by Crippen LogP contribution is 2.47. The van der Waals surface area contributed by atoms with Crippen molar-refractivity contribution in [3.8, 4) is 5.75 Å². The Bertz CT molecular complexity index is 1220. The number of aliphatic hydroxyl groups is 1. The Hall–Kier alpha value is -2.57. The molecule has 1 aliphatic heterocycles. The van der Waals surface area contributed by atoms with E-state index in [0.29, 0.717) is 31.1 Å². The minimum atomic E-state index is -0.708. The molecule has 5 nitrogen and oxygen atoms in total. The molecule has 1 heterocycles. The summed E-state index contributed by atoms with van der Waals surface area (Å²) in [6, 6.07) is 9.00. The van der Waals surface area contributed by atoms with Crippen molar-refractivity contribution in [1.82, 2.24) is 0 Å². The molecule has 2 aliphatic carbocycles. The van der Waals surface area contributed by atoms with Crippen LogP contribution in [0.2, 0.25) is 5.02 Å². The van der Waals surface area contributed by atoms with Crippen LogP contribution in [0.4, 0.5) is 10.1 Å². The summed E-state index contributed by atoms with van der Waals surface area (Å²) in [5.41, 5.74) is 2.77. The first-order valence-corrected chi connectivity index (χ1v) is 14.2. The number of rotatable bonds is 7. The lowest BCUT2D eigenvalue weighted by Gasteiger charge is -2.45. The van der Waals surface area contributed by atoms with Gasteiger partial charge >= 0.3 is 5.97 Å². The van der Waals surface area contributed by atoms with Crippen LogP contribution in [-0.4, -0.2) is 44.0 Å². The molecular formula is C31H37ClFNO4. The van der Waals surface area contributed by atoms with Crippen LogP contribution in [0.25, 0.3) is 0 Å². The van der Waals surface area contributed by atoms with Gasteiger partial charge in [0.2, 0.25) is 0 Å². The Labute approximate surface area is 229 Å². The largest absolute Gasteiger partial charge is 0.490 e. The summed E-state index contributed by atoms with van der Waals surface area (Å²) in [5.74, 6) is -0.476. The van der Waals surface area contributed by atoms with E-state index in [0.717, 1.165) is 50.0 Å². The number of benzene rings is 2. The van der Waals surface area contributed by atoms with Crippen LogP contribution >= 0.6 is 11.6 Å². The first-order chi connectivity index (χ1) is 18.3. The number of fused-ring (bicyclic) bond motifs is 3. The SMILES string of the molecule is CCC/C=C/[C@H](O)[C@@H]1CC[C@H]1CN1C[C@@]2(CCCc3cc(Cl)ccc32)COc2cc(F)c(C(=O)OC)cc21. The minimum absolute atomic E-state index is 0.0979. The molecule has 1 fully saturated rings. The van der Waals surface area contributed by atoms with Gasteiger partial charge in [-0.05, 0) is 79.7 Å². The van der Waals surface area contributed by atoms with E-state index in [9.17, 15) is 14.3 Å². The van der Waals surface area contributed by atoms with Gasteiger partial charge in [-0.15, -0.1) is 0 Å². The van der Waals surface area contributed by atoms with E-state index < -0.39 is 17.9 Å². The van der Waals surface area contributed by atoms with E-state index in [2.05, 4.69) is 30.0 Å². The highest BCUT2D eigenvalue weighted by molar-refractivity contribution is 6.30. The highest BCUT2D eigenvalue weighted by atomic mass is 35.5. The monoisotopic (exact) mass is 541 g/mol. The molecule has 204 valence electrons. The Morgan fingerprint density at radius 2 is 2.18 bits per heavy atom. The van der Waals surface area contributed by atoms with Gasteiger partial charge in [0.15, 0.2) is 0 Å². The van der Waals surface area contributed by atoms with Crippen LogP contribution in [0, 0.1) is 17.7 Å². The molecule has 2 aromatic rings. The first kappa shape index (κ1) is 27.0. The Balaban J connectivity index is 1.51. The van der Waals surface area contributed by atoms with Gasteiger partial charge in [0.25, 0.3) is 0 Å². The molecule has 0 amide bonds. The predicted molar refractivity (Wildman–Crippen MR) is 148 cm³/mol. The third-order valence-corrected chi connectivity index (χ3v) is 8.93. The lowest BCUT2D eigenvalue weighted by molar-refractivity contribution is 0.0456. The van der Waals surface area contributed by atoms with Gasteiger partial charge in [0, 0.05) is 29.6 Å². The van der Waals surface area contributed by atoms with E-state index in [1.165, 1.54) is 24.3 Å². The van der Waals surface area contributed by atoms with Crippen LogP contribution in [0.3, 0.4) is 0 Å². The molecule has 3 aliphatic rings. The fraction of sp³-hybridized carbons (Fsp3) is 0.516. The Morgan fingerprint density at radius 3 is 2.92 bits per heavy atom. The molecular weight excluding hydrogens is 505 g/mol. The molecule has 0 unspecified atom stereocenters. The van der Waals surface area contributed by atoms with Crippen molar-refractivity contribution >= 4 is 23.3 Å². The maximum absolute atomic E-state index is 15.0. The number of nitrogens with zero attached hydrogens (tertiary/aromatic N) is 1. The van der Waals surface area contributed by atoms with E-state index in [1.54, 1.807) is 6.07 Å². The molecule has 4 atom stereocenters. The number of ether oxygens (including phenoxy) is 2. The fourth-order valence-corrected chi connectivity index (χ4v) is 6.69. The molecule has 1 N–H and O–H groups in total. The fourth-order valence-electron chi connectivity index (χ4n) is 6.50. The Kier molecular flexibility index (Phi) is 8.01. The zero-order valence-electron chi connectivity index (χ0n) is 22.2. The average molecular weight is 542 g/mol. The van der Waals surface area contributed by atoms with Crippen molar-refractivity contribution in [2.75, 3.05) is 31.7 Å². The van der Waals surface area contributed by atoms with Gasteiger partial charge in [-0.1, -0.05) is 43.2 Å². The number of allylic oxidation sites excluding steroid dienone is 1. The maximum Gasteiger partial charge on any atom is 0.340 e. The van der Waals surface area contributed by atoms with E-state index >= 15 is 0 Å². The van der Waals surface area contributed by atoms with Crippen LogP contribution in [-0.2, 0) is 16.6 Å². The number of unbranched alkanes of at least 4 members (excludes halogenated alkanes) is 1. The number of halogens is 2. The number of methoxy groups -OCH3 is 1. The number of carbonyl (C=O) groups excluding carboxylic acids is 1. The zero-order valence-corrected chi connectivity index (χ0v) is 23.0. The molecule has 0 saturated heterocycles. The third-order valence-electron chi connectivity index (χ3n) is 8.69. The molecule has 7 heteroatoms. The Morgan fingerprint density at radius 1 is 1.34 bits per heavy atom. The average Bonchev–Trinajstić information content (AvgIpc) is 3.02. The lowest BCUT2D eigenvalue weighted by Crippen LogP contribution is -2.49. The minimum Gasteiger partial charge on any atom is -0.490 e. The second-order valence-electron chi connectivity index (χ2n) is 11.1. The number of aliphatic hydroxyl groups excluding tert-OH is 1. The van der Waals surface area contributed by atoms with Crippen LogP contribution in [0.1, 0.15) is 66.9 Å². The summed E-state index contributed by atoms with van der Waals surface area (Å²) in [5, 5.41) is 11.6. The summed E-state index contributed by atoms with van der Waals surface area (Å²) in [6.45, 7) is 3.90. The standard InChI is InChI=1S/C31H37ClFNO4/c1-3-4-5-8-28(35)23-11-9-21(23)17-34-18-31(13-6-7-20-14-22(32)10-12-25(20)31)19-38-29-16-26(33)24(15-27(29)34)30(36)37-2/h5,8,10,12,14-16,21,23,28,35H,3-4,6-7,9,11,13,17-19H2,1-2H3/b8-5+/t21-,23+,28-,31-/m0/s1. The normalized spacial score (nSPS) is 25.2. The van der Waals surface area contributed by atoms with E-state index in [4.69, 9.17) is 21.1 Å². The predicted octanol–water partition coefficient (Wildman–Crippen LogP) is 6.48. The number of carbonyl (C=O) groups is 1. The van der Waals surface area contributed by atoms with Gasteiger partial charge in [-0.25, -0.2) is 9.18 Å². The van der Waals surface area contributed by atoms with Gasteiger partial charge in [-0.2, -0.15) is 0 Å². The van der Waals surface area contributed by atoms with Crippen LogP contribution in [0.5, 0.6) is 5.75 Å². The van der Waals surface area contributed by atoms with Crippen molar-refractivity contribution < 1.29 is 23.8 Å². The molecule has 0 aromatic heterocycles. The number of hydrogen-bond acceptors (Lipinski definition) is 5. The zero-order chi connectivity index (χ0) is 26.9. The molecule has 1 spiro atoms. The van der Waals surface area contributed by atoms with Crippen LogP contribution < -0.4 is 9.64 Å². The summed E-state index contributed by atoms with van der Waals surface area (Å²) >= 11 is 6.35. The smallest absolute Gasteiger partial charge is 0.340 e. The maximum atomic E-state index is 15.0. The lowest BCUT2D eigenvalue weighted by atomic mass is 9.68. The van der Waals surface area contributed by atoms with Crippen LogP contribution in [0.15, 0.2) is 42.5 Å². The van der Waals surface area contributed by atoms with Gasteiger partial charge in [0.05, 0.1) is 31.1 Å². The molecule has 0 bridgehead atoms. The van der Waals surface area contributed by atoms with Crippen molar-refractivity contribution in [2.45, 2.75) is 63.4 Å².